The van der Waals surface area contributed by atoms with Crippen molar-refractivity contribution in [3.8, 4) is 5.75 Å². The molecule has 0 spiro atoms. The summed E-state index contributed by atoms with van der Waals surface area (Å²) < 4.78 is 6.27. The number of allylic oxidation sites excluding steroid dienone is 3. The van der Waals surface area contributed by atoms with Crippen LogP contribution in [0.25, 0.3) is 0 Å². The van der Waals surface area contributed by atoms with Gasteiger partial charge in [-0.15, -0.1) is 0 Å². The third-order valence-corrected chi connectivity index (χ3v) is 5.61. The third kappa shape index (κ3) is 4.67. The predicted molar refractivity (Wildman–Crippen MR) is 111 cm³/mol. The number of rotatable bonds is 6. The van der Waals surface area contributed by atoms with Gasteiger partial charge in [0.1, 0.15) is 5.75 Å². The van der Waals surface area contributed by atoms with Crippen molar-refractivity contribution in [3.05, 3.63) is 77.9 Å². The van der Waals surface area contributed by atoms with Gasteiger partial charge in [0.25, 0.3) is 0 Å². The second-order valence-corrected chi connectivity index (χ2v) is 7.50. The predicted octanol–water partition coefficient (Wildman–Crippen LogP) is 4.18. The van der Waals surface area contributed by atoms with Crippen molar-refractivity contribution in [1.82, 2.24) is 0 Å². The Morgan fingerprint density at radius 2 is 1.96 bits per heavy atom. The third-order valence-electron chi connectivity index (χ3n) is 4.22. The number of ether oxygens (including phenoxy) is 1. The zero-order valence-corrected chi connectivity index (χ0v) is 15.8. The maximum Gasteiger partial charge on any atom is 0.129 e. The Labute approximate surface area is 152 Å². The number of benzene rings is 2. The summed E-state index contributed by atoms with van der Waals surface area (Å²) >= 11 is 0. The van der Waals surface area contributed by atoms with Crippen LogP contribution in [0.4, 0.5) is 0 Å². The lowest BCUT2D eigenvalue weighted by molar-refractivity contribution is 0.276. The van der Waals surface area contributed by atoms with Crippen molar-refractivity contribution in [1.29, 1.82) is 0 Å². The van der Waals surface area contributed by atoms with E-state index in [1.807, 2.05) is 13.3 Å². The maximum absolute atomic E-state index is 6.27. The lowest BCUT2D eigenvalue weighted by Crippen LogP contribution is -2.16. The van der Waals surface area contributed by atoms with E-state index in [4.69, 9.17) is 4.74 Å². The topological polar surface area (TPSA) is 21.6 Å². The second-order valence-electron chi connectivity index (χ2n) is 6.17. The van der Waals surface area contributed by atoms with E-state index in [0.29, 0.717) is 14.5 Å². The van der Waals surface area contributed by atoms with Gasteiger partial charge in [0.15, 0.2) is 0 Å². The Balaban J connectivity index is 1.81. The summed E-state index contributed by atoms with van der Waals surface area (Å²) in [6.07, 6.45) is 11.6. The van der Waals surface area contributed by atoms with Crippen molar-refractivity contribution in [2.24, 2.45) is 10.9 Å². The van der Waals surface area contributed by atoms with Gasteiger partial charge in [-0.1, -0.05) is 75.3 Å². The lowest BCUT2D eigenvalue weighted by atomic mass is 10.0. The Bertz CT molecular complexity index is 807. The molecule has 0 saturated heterocycles. The van der Waals surface area contributed by atoms with Crippen molar-refractivity contribution in [2.45, 2.75) is 13.3 Å². The van der Waals surface area contributed by atoms with Crippen LogP contribution in [-0.4, -0.2) is 19.9 Å². The number of aliphatic imine (C=N–C) groups is 1. The van der Waals surface area contributed by atoms with E-state index in [-0.39, 0.29) is 0 Å². The van der Waals surface area contributed by atoms with Gasteiger partial charge in [-0.25, -0.2) is 0 Å². The van der Waals surface area contributed by atoms with E-state index in [0.717, 1.165) is 18.8 Å². The van der Waals surface area contributed by atoms with E-state index in [9.17, 15) is 0 Å². The molecule has 0 aliphatic heterocycles. The molecule has 0 bridgehead atoms. The van der Waals surface area contributed by atoms with E-state index < -0.39 is 0 Å². The minimum atomic E-state index is 0.459. The molecule has 0 heterocycles. The summed E-state index contributed by atoms with van der Waals surface area (Å²) in [6.45, 7) is 2.85. The average molecular weight is 349 g/mol. The van der Waals surface area contributed by atoms with E-state index in [1.54, 1.807) is 0 Å². The molecule has 25 heavy (non-hydrogen) atoms. The fourth-order valence-corrected chi connectivity index (χ4v) is 4.22. The molecule has 3 rings (SSSR count). The zero-order chi connectivity index (χ0) is 17.5. The van der Waals surface area contributed by atoms with Crippen LogP contribution in [-0.2, 0) is 0 Å². The highest BCUT2D eigenvalue weighted by molar-refractivity contribution is 7.56. The minimum absolute atomic E-state index is 0.459. The molecule has 0 fully saturated rings. The van der Waals surface area contributed by atoms with Crippen molar-refractivity contribution < 1.29 is 4.74 Å². The first-order valence-electron chi connectivity index (χ1n) is 8.62. The molecule has 0 saturated carbocycles. The Kier molecular flexibility index (Phi) is 6.19. The first kappa shape index (κ1) is 17.6. The summed E-state index contributed by atoms with van der Waals surface area (Å²) in [5.74, 6) is 1.49. The maximum atomic E-state index is 6.27. The summed E-state index contributed by atoms with van der Waals surface area (Å²) in [5, 5.41) is 2.55. The van der Waals surface area contributed by atoms with Crippen LogP contribution in [0.1, 0.15) is 17.5 Å². The van der Waals surface area contributed by atoms with Crippen molar-refractivity contribution in [2.75, 3.05) is 13.7 Å². The first-order chi connectivity index (χ1) is 12.3. The molecule has 0 amide bonds. The van der Waals surface area contributed by atoms with Gasteiger partial charge in [0.2, 0.25) is 0 Å². The first-order valence-corrected chi connectivity index (χ1v) is 9.62. The molecule has 2 aromatic carbocycles. The van der Waals surface area contributed by atoms with Gasteiger partial charge in [-0.05, 0) is 29.8 Å². The Morgan fingerprint density at radius 3 is 2.76 bits per heavy atom. The van der Waals surface area contributed by atoms with Crippen LogP contribution < -0.4 is 15.3 Å². The monoisotopic (exact) mass is 349 g/mol. The van der Waals surface area contributed by atoms with E-state index in [2.05, 4.69) is 78.7 Å². The number of hydrogen-bond donors (Lipinski definition) is 0. The molecule has 2 unspecified atom stereocenters. The van der Waals surface area contributed by atoms with Gasteiger partial charge >= 0.3 is 0 Å². The molecule has 2 atom stereocenters. The summed E-state index contributed by atoms with van der Waals surface area (Å²) in [7, 11) is 2.36. The highest BCUT2D eigenvalue weighted by Gasteiger charge is 2.12. The van der Waals surface area contributed by atoms with E-state index in [1.165, 1.54) is 21.7 Å². The smallest absolute Gasteiger partial charge is 0.129 e. The second kappa shape index (κ2) is 8.78. The van der Waals surface area contributed by atoms with Crippen LogP contribution in [0.3, 0.4) is 0 Å². The molecule has 0 N–H and O–H groups in total. The van der Waals surface area contributed by atoms with Crippen molar-refractivity contribution >= 4 is 25.4 Å². The molecule has 3 heteroatoms. The summed E-state index contributed by atoms with van der Waals surface area (Å²) in [6, 6.07) is 14.9. The Hall–Kier alpha value is -2.18. The van der Waals surface area contributed by atoms with Gasteiger partial charge in [-0.2, -0.15) is 0 Å². The molecule has 2 aromatic rings. The molecule has 0 radical (unpaired) electrons. The van der Waals surface area contributed by atoms with Crippen LogP contribution in [0, 0.1) is 12.8 Å². The van der Waals surface area contributed by atoms with Crippen LogP contribution in [0.2, 0.25) is 0 Å². The van der Waals surface area contributed by atoms with Gasteiger partial charge in [-0.3, -0.25) is 4.99 Å². The van der Waals surface area contributed by atoms with Crippen molar-refractivity contribution in [3.63, 3.8) is 0 Å². The number of para-hydroxylation sites is 1. The lowest BCUT2D eigenvalue weighted by Gasteiger charge is -2.18. The fourth-order valence-electron chi connectivity index (χ4n) is 2.90. The van der Waals surface area contributed by atoms with E-state index >= 15 is 0 Å². The largest absolute Gasteiger partial charge is 0.492 e. The van der Waals surface area contributed by atoms with Gasteiger partial charge in [0.05, 0.1) is 6.61 Å². The molecule has 1 aliphatic rings. The SMILES string of the molecule is C/N=C/c1ccccc1Pc1cccc(C)c1OCC1C=CC=CC1. The molecular weight excluding hydrogens is 325 g/mol. The number of nitrogens with zero attached hydrogens (tertiary/aromatic N) is 1. The molecule has 128 valence electrons. The highest BCUT2D eigenvalue weighted by atomic mass is 31.1. The number of aryl methyl sites for hydroxylation is 1. The van der Waals surface area contributed by atoms with Crippen LogP contribution >= 0.6 is 8.58 Å². The molecule has 0 aromatic heterocycles. The quantitative estimate of drug-likeness (QED) is 0.566. The zero-order valence-electron chi connectivity index (χ0n) is 14.8. The van der Waals surface area contributed by atoms with Gasteiger partial charge < -0.3 is 4.74 Å². The molecule has 2 nitrogen and oxygen atoms in total. The summed E-state index contributed by atoms with van der Waals surface area (Å²) in [4.78, 5) is 4.18. The standard InChI is InChI=1S/C22H24NOP/c1-17-9-8-14-21(22(17)24-16-18-10-4-3-5-11-18)25-20-13-7-6-12-19(20)15-23-2/h3-10,12-15,18,25H,11,16H2,1-2H3/b23-15+. The van der Waals surface area contributed by atoms with Gasteiger partial charge in [0, 0.05) is 24.5 Å². The average Bonchev–Trinajstić information content (AvgIpc) is 2.64. The highest BCUT2D eigenvalue weighted by Crippen LogP contribution is 2.25. The van der Waals surface area contributed by atoms with Crippen LogP contribution in [0.15, 0.2) is 71.8 Å². The Morgan fingerprint density at radius 1 is 1.12 bits per heavy atom. The minimum Gasteiger partial charge on any atom is -0.492 e. The fraction of sp³-hybridized carbons (Fsp3) is 0.227. The molecule has 1 aliphatic carbocycles. The number of hydrogen-bond acceptors (Lipinski definition) is 2. The van der Waals surface area contributed by atoms with Crippen LogP contribution in [0.5, 0.6) is 5.75 Å². The summed E-state index contributed by atoms with van der Waals surface area (Å²) in [5.41, 5.74) is 2.37. The normalized spacial score (nSPS) is 17.0. The molecular formula is C22H24NOP.